The summed E-state index contributed by atoms with van der Waals surface area (Å²) in [5, 5.41) is 6.15. The predicted octanol–water partition coefficient (Wildman–Crippen LogP) is 3.58. The van der Waals surface area contributed by atoms with Gasteiger partial charge in [-0.3, -0.25) is 4.79 Å². The molecular formula is C18H23BrN4O. The highest BCUT2D eigenvalue weighted by molar-refractivity contribution is 9.10. The van der Waals surface area contributed by atoms with Crippen molar-refractivity contribution in [1.29, 1.82) is 0 Å². The summed E-state index contributed by atoms with van der Waals surface area (Å²) in [5.74, 6) is 0.566. The second kappa shape index (κ2) is 8.80. The topological polar surface area (TPSA) is 57.3 Å². The van der Waals surface area contributed by atoms with Crippen molar-refractivity contribution in [3.05, 3.63) is 52.1 Å². The molecule has 5 nitrogen and oxygen atoms in total. The maximum Gasteiger partial charge on any atom is 0.251 e. The number of hydrogen-bond acceptors (Lipinski definition) is 4. The third-order valence-corrected chi connectivity index (χ3v) is 4.39. The Balaban J connectivity index is 1.97. The molecule has 128 valence electrons. The first-order valence-corrected chi connectivity index (χ1v) is 8.67. The first-order valence-electron chi connectivity index (χ1n) is 7.88. The maximum atomic E-state index is 12.2. The van der Waals surface area contributed by atoms with Crippen LogP contribution in [0.2, 0.25) is 0 Å². The van der Waals surface area contributed by atoms with Crippen LogP contribution < -0.4 is 10.6 Å². The number of nitrogens with zero attached hydrogens (tertiary/aromatic N) is 2. The third kappa shape index (κ3) is 5.62. The Bertz CT molecular complexity index is 703. The molecule has 0 saturated heterocycles. The van der Waals surface area contributed by atoms with E-state index in [1.54, 1.807) is 18.3 Å². The number of benzene rings is 1. The average molecular weight is 391 g/mol. The van der Waals surface area contributed by atoms with Gasteiger partial charge in [0.2, 0.25) is 0 Å². The van der Waals surface area contributed by atoms with Crippen molar-refractivity contribution in [2.24, 2.45) is 0 Å². The smallest absolute Gasteiger partial charge is 0.251 e. The Morgan fingerprint density at radius 1 is 1.25 bits per heavy atom. The zero-order chi connectivity index (χ0) is 17.5. The number of hydrogen-bond donors (Lipinski definition) is 2. The number of halogens is 1. The molecule has 2 aromatic rings. The highest BCUT2D eigenvalue weighted by Gasteiger charge is 2.07. The van der Waals surface area contributed by atoms with Crippen LogP contribution in [0, 0.1) is 6.92 Å². The van der Waals surface area contributed by atoms with Crippen LogP contribution in [0.4, 0.5) is 11.5 Å². The number of aromatic nitrogens is 1. The lowest BCUT2D eigenvalue weighted by Crippen LogP contribution is -2.27. The second-order valence-corrected chi connectivity index (χ2v) is 6.79. The number of rotatable bonds is 7. The van der Waals surface area contributed by atoms with Gasteiger partial charge in [-0.05, 0) is 63.8 Å². The van der Waals surface area contributed by atoms with Gasteiger partial charge in [0.05, 0.1) is 0 Å². The summed E-state index contributed by atoms with van der Waals surface area (Å²) in [6.07, 6.45) is 2.56. The van der Waals surface area contributed by atoms with E-state index in [1.165, 1.54) is 5.56 Å². The summed E-state index contributed by atoms with van der Waals surface area (Å²) in [4.78, 5) is 18.6. The third-order valence-electron chi connectivity index (χ3n) is 3.53. The summed E-state index contributed by atoms with van der Waals surface area (Å²) < 4.78 is 1.03. The summed E-state index contributed by atoms with van der Waals surface area (Å²) in [6, 6.07) is 9.47. The lowest BCUT2D eigenvalue weighted by molar-refractivity contribution is 0.0952. The molecule has 0 aliphatic rings. The van der Waals surface area contributed by atoms with E-state index in [0.29, 0.717) is 17.9 Å². The summed E-state index contributed by atoms with van der Waals surface area (Å²) in [5.41, 5.74) is 2.69. The Kier molecular flexibility index (Phi) is 6.75. The van der Waals surface area contributed by atoms with Gasteiger partial charge in [-0.2, -0.15) is 0 Å². The van der Waals surface area contributed by atoms with Gasteiger partial charge >= 0.3 is 0 Å². The Hall–Kier alpha value is -1.92. The van der Waals surface area contributed by atoms with Crippen LogP contribution in [0.15, 0.2) is 41.0 Å². The molecule has 0 saturated carbocycles. The fourth-order valence-corrected chi connectivity index (χ4v) is 2.54. The van der Waals surface area contributed by atoms with E-state index in [1.807, 2.05) is 39.2 Å². The van der Waals surface area contributed by atoms with Crippen molar-refractivity contribution in [3.63, 3.8) is 0 Å². The number of nitrogens with one attached hydrogen (secondary N) is 2. The molecule has 0 aliphatic carbocycles. The number of carbonyl (C=O) groups excluding carboxylic acids is 1. The molecule has 0 atom stereocenters. The Labute approximate surface area is 151 Å². The largest absolute Gasteiger partial charge is 0.352 e. The van der Waals surface area contributed by atoms with Crippen LogP contribution in [0.1, 0.15) is 22.3 Å². The van der Waals surface area contributed by atoms with Crippen LogP contribution in [0.5, 0.6) is 0 Å². The van der Waals surface area contributed by atoms with Crippen molar-refractivity contribution in [1.82, 2.24) is 15.2 Å². The monoisotopic (exact) mass is 390 g/mol. The van der Waals surface area contributed by atoms with Crippen LogP contribution in [0.3, 0.4) is 0 Å². The normalized spacial score (nSPS) is 10.7. The lowest BCUT2D eigenvalue weighted by atomic mass is 10.2. The van der Waals surface area contributed by atoms with Gasteiger partial charge in [0.1, 0.15) is 5.82 Å². The predicted molar refractivity (Wildman–Crippen MR) is 102 cm³/mol. The molecule has 2 rings (SSSR count). The zero-order valence-corrected chi connectivity index (χ0v) is 15.9. The molecule has 0 radical (unpaired) electrons. The van der Waals surface area contributed by atoms with Crippen molar-refractivity contribution in [2.75, 3.05) is 32.5 Å². The van der Waals surface area contributed by atoms with Gasteiger partial charge in [0, 0.05) is 28.5 Å². The molecule has 1 heterocycles. The van der Waals surface area contributed by atoms with Crippen LogP contribution >= 0.6 is 15.9 Å². The van der Waals surface area contributed by atoms with Gasteiger partial charge in [-0.1, -0.05) is 22.0 Å². The Morgan fingerprint density at radius 2 is 2.04 bits per heavy atom. The number of aryl methyl sites for hydroxylation is 1. The first-order chi connectivity index (χ1) is 11.5. The van der Waals surface area contributed by atoms with Crippen LogP contribution in [0.25, 0.3) is 0 Å². The average Bonchev–Trinajstić information content (AvgIpc) is 2.55. The van der Waals surface area contributed by atoms with E-state index in [-0.39, 0.29) is 5.91 Å². The SMILES string of the molecule is Cc1ccc(Nc2cc(C(=O)NCCCN(C)C)ccn2)cc1Br. The van der Waals surface area contributed by atoms with E-state index in [0.717, 1.165) is 23.1 Å². The van der Waals surface area contributed by atoms with Crippen molar-refractivity contribution >= 4 is 33.3 Å². The van der Waals surface area contributed by atoms with Crippen molar-refractivity contribution in [3.8, 4) is 0 Å². The number of anilines is 2. The van der Waals surface area contributed by atoms with Gasteiger partial charge in [0.25, 0.3) is 5.91 Å². The van der Waals surface area contributed by atoms with Gasteiger partial charge in [-0.15, -0.1) is 0 Å². The highest BCUT2D eigenvalue weighted by Crippen LogP contribution is 2.23. The highest BCUT2D eigenvalue weighted by atomic mass is 79.9. The van der Waals surface area contributed by atoms with Gasteiger partial charge in [0.15, 0.2) is 0 Å². The summed E-state index contributed by atoms with van der Waals surface area (Å²) >= 11 is 3.51. The molecule has 0 bridgehead atoms. The fraction of sp³-hybridized carbons (Fsp3) is 0.333. The van der Waals surface area contributed by atoms with Crippen LogP contribution in [-0.2, 0) is 0 Å². The zero-order valence-electron chi connectivity index (χ0n) is 14.3. The van der Waals surface area contributed by atoms with Crippen LogP contribution in [-0.4, -0.2) is 43.0 Å². The maximum absolute atomic E-state index is 12.2. The minimum Gasteiger partial charge on any atom is -0.352 e. The quantitative estimate of drug-likeness (QED) is 0.709. The van der Waals surface area contributed by atoms with Gasteiger partial charge < -0.3 is 15.5 Å². The molecular weight excluding hydrogens is 368 g/mol. The number of amides is 1. The molecule has 6 heteroatoms. The second-order valence-electron chi connectivity index (χ2n) is 5.93. The van der Waals surface area contributed by atoms with E-state index in [2.05, 4.69) is 36.4 Å². The molecule has 0 unspecified atom stereocenters. The summed E-state index contributed by atoms with van der Waals surface area (Å²) in [6.45, 7) is 3.64. The fourth-order valence-electron chi connectivity index (χ4n) is 2.16. The standard InChI is InChI=1S/C18H23BrN4O/c1-13-5-6-15(12-16(13)19)22-17-11-14(7-9-20-17)18(24)21-8-4-10-23(2)3/h5-7,9,11-12H,4,8,10H2,1-3H3,(H,20,22)(H,21,24). The lowest BCUT2D eigenvalue weighted by Gasteiger charge is -2.11. The minimum atomic E-state index is -0.0794. The molecule has 0 aliphatic heterocycles. The minimum absolute atomic E-state index is 0.0794. The van der Waals surface area contributed by atoms with E-state index in [9.17, 15) is 4.79 Å². The summed E-state index contributed by atoms with van der Waals surface area (Å²) in [7, 11) is 4.04. The van der Waals surface area contributed by atoms with Crippen molar-refractivity contribution < 1.29 is 4.79 Å². The first kappa shape index (κ1) is 18.4. The van der Waals surface area contributed by atoms with E-state index >= 15 is 0 Å². The number of carbonyl (C=O) groups is 1. The Morgan fingerprint density at radius 3 is 2.75 bits per heavy atom. The van der Waals surface area contributed by atoms with E-state index < -0.39 is 0 Å². The molecule has 1 aromatic carbocycles. The molecule has 1 amide bonds. The molecule has 1 aromatic heterocycles. The molecule has 0 spiro atoms. The number of pyridine rings is 1. The van der Waals surface area contributed by atoms with E-state index in [4.69, 9.17) is 0 Å². The van der Waals surface area contributed by atoms with Crippen molar-refractivity contribution in [2.45, 2.75) is 13.3 Å². The molecule has 24 heavy (non-hydrogen) atoms. The molecule has 0 fully saturated rings. The van der Waals surface area contributed by atoms with Gasteiger partial charge in [-0.25, -0.2) is 4.98 Å². The molecule has 2 N–H and O–H groups in total.